The number of carbonyl (C=O) groups is 3. The van der Waals surface area contributed by atoms with E-state index in [0.29, 0.717) is 0 Å². The molecule has 1 aromatic heterocycles. The molecule has 1 aromatic carbocycles. The van der Waals surface area contributed by atoms with Crippen LogP contribution in [-0.4, -0.2) is 64.6 Å². The molecular formula is C19H23N3O5. The highest BCUT2D eigenvalue weighted by Gasteiger charge is 2.13. The van der Waals surface area contributed by atoms with E-state index < -0.39 is 11.9 Å². The molecule has 2 heterocycles. The standard InChI is InChI=1S/C9H8O4.C5H10N2O.C5H5N/c1-5-6(8(10)11)3-2-4-7(5)9(12)13;8-5-7-3-1-6-2-4-7;1-2-4-6-5-3-1/h2-4H,1H3,(H,10,11)(H,12,13);5-6H,1-4H2;1-5H. The van der Waals surface area contributed by atoms with Gasteiger partial charge in [-0.2, -0.15) is 0 Å². The van der Waals surface area contributed by atoms with Crippen molar-refractivity contribution in [3.05, 3.63) is 65.5 Å². The molecule has 0 bridgehead atoms. The van der Waals surface area contributed by atoms with Crippen molar-refractivity contribution >= 4 is 18.3 Å². The Morgan fingerprint density at radius 2 is 1.52 bits per heavy atom. The number of hydrogen-bond acceptors (Lipinski definition) is 5. The summed E-state index contributed by atoms with van der Waals surface area (Å²) in [6.45, 7) is 5.09. The number of amides is 1. The van der Waals surface area contributed by atoms with E-state index in [0.717, 1.165) is 32.6 Å². The number of carboxylic acids is 2. The van der Waals surface area contributed by atoms with Crippen LogP contribution in [0, 0.1) is 6.92 Å². The van der Waals surface area contributed by atoms with Crippen LogP contribution < -0.4 is 5.32 Å². The molecule has 0 saturated carbocycles. The number of hydrogen-bond donors (Lipinski definition) is 3. The molecule has 1 aliphatic heterocycles. The van der Waals surface area contributed by atoms with Crippen LogP contribution in [0.1, 0.15) is 26.3 Å². The Balaban J connectivity index is 0.000000221. The highest BCUT2D eigenvalue weighted by atomic mass is 16.4. The lowest BCUT2D eigenvalue weighted by molar-refractivity contribution is -0.118. The third-order valence-corrected chi connectivity index (χ3v) is 3.66. The van der Waals surface area contributed by atoms with E-state index in [9.17, 15) is 14.4 Å². The first-order chi connectivity index (χ1) is 13.0. The van der Waals surface area contributed by atoms with Gasteiger partial charge in [0.05, 0.1) is 11.1 Å². The molecule has 0 unspecified atom stereocenters. The number of carboxylic acid groups (broad SMARTS) is 2. The molecule has 2 aromatic rings. The quantitative estimate of drug-likeness (QED) is 0.698. The molecule has 27 heavy (non-hydrogen) atoms. The van der Waals surface area contributed by atoms with Crippen molar-refractivity contribution in [2.45, 2.75) is 6.92 Å². The Kier molecular flexibility index (Phi) is 9.80. The van der Waals surface area contributed by atoms with E-state index in [2.05, 4.69) is 10.3 Å². The normalized spacial score (nSPS) is 12.6. The van der Waals surface area contributed by atoms with E-state index in [-0.39, 0.29) is 16.7 Å². The van der Waals surface area contributed by atoms with Gasteiger partial charge in [-0.3, -0.25) is 9.78 Å². The van der Waals surface area contributed by atoms with Crippen LogP contribution in [0.3, 0.4) is 0 Å². The predicted octanol–water partition coefficient (Wildman–Crippen LogP) is 1.52. The van der Waals surface area contributed by atoms with E-state index in [1.54, 1.807) is 17.3 Å². The number of piperazine rings is 1. The number of nitrogens with zero attached hydrogens (tertiary/aromatic N) is 2. The maximum atomic E-state index is 10.6. The Bertz CT molecular complexity index is 672. The molecule has 144 valence electrons. The van der Waals surface area contributed by atoms with Gasteiger partial charge in [-0.15, -0.1) is 0 Å². The fourth-order valence-electron chi connectivity index (χ4n) is 2.20. The molecule has 3 rings (SSSR count). The van der Waals surface area contributed by atoms with Crippen molar-refractivity contribution < 1.29 is 24.6 Å². The summed E-state index contributed by atoms with van der Waals surface area (Å²) in [4.78, 5) is 36.8. The number of carbonyl (C=O) groups excluding carboxylic acids is 1. The van der Waals surface area contributed by atoms with Crippen molar-refractivity contribution in [2.24, 2.45) is 0 Å². The minimum Gasteiger partial charge on any atom is -0.478 e. The maximum absolute atomic E-state index is 10.6. The molecule has 0 spiro atoms. The van der Waals surface area contributed by atoms with Gasteiger partial charge in [0, 0.05) is 38.6 Å². The number of rotatable bonds is 3. The van der Waals surface area contributed by atoms with Gasteiger partial charge in [0.15, 0.2) is 0 Å². The largest absolute Gasteiger partial charge is 0.478 e. The monoisotopic (exact) mass is 373 g/mol. The molecule has 0 aliphatic carbocycles. The van der Waals surface area contributed by atoms with Crippen LogP contribution in [0.15, 0.2) is 48.8 Å². The Morgan fingerprint density at radius 1 is 1.00 bits per heavy atom. The molecule has 8 nitrogen and oxygen atoms in total. The smallest absolute Gasteiger partial charge is 0.335 e. The Labute approximate surface area is 157 Å². The zero-order valence-electron chi connectivity index (χ0n) is 15.0. The number of nitrogens with one attached hydrogen (secondary N) is 1. The summed E-state index contributed by atoms with van der Waals surface area (Å²) in [7, 11) is 0. The molecule has 0 radical (unpaired) electrons. The summed E-state index contributed by atoms with van der Waals surface area (Å²) in [5.74, 6) is -2.22. The van der Waals surface area contributed by atoms with Crippen LogP contribution >= 0.6 is 0 Å². The lowest BCUT2D eigenvalue weighted by Crippen LogP contribution is -2.42. The highest BCUT2D eigenvalue weighted by molar-refractivity contribution is 5.96. The lowest BCUT2D eigenvalue weighted by atomic mass is 10.0. The molecular weight excluding hydrogens is 350 g/mol. The average molecular weight is 373 g/mol. The average Bonchev–Trinajstić information content (AvgIpc) is 2.70. The van der Waals surface area contributed by atoms with Crippen molar-refractivity contribution in [1.82, 2.24) is 15.2 Å². The fraction of sp³-hybridized carbons (Fsp3) is 0.263. The predicted molar refractivity (Wildman–Crippen MR) is 99.8 cm³/mol. The van der Waals surface area contributed by atoms with Gasteiger partial charge in [-0.25, -0.2) is 9.59 Å². The zero-order valence-corrected chi connectivity index (χ0v) is 15.0. The second-order valence-electron chi connectivity index (χ2n) is 5.50. The summed E-state index contributed by atoms with van der Waals surface area (Å²) in [6, 6.07) is 9.89. The van der Waals surface area contributed by atoms with Crippen LogP contribution in [0.25, 0.3) is 0 Å². The first-order valence-corrected chi connectivity index (χ1v) is 8.28. The van der Waals surface area contributed by atoms with Crippen LogP contribution in [0.5, 0.6) is 0 Å². The van der Waals surface area contributed by atoms with E-state index in [1.165, 1.54) is 25.1 Å². The van der Waals surface area contributed by atoms with Gasteiger partial charge in [-0.1, -0.05) is 12.1 Å². The zero-order chi connectivity index (χ0) is 20.1. The highest BCUT2D eigenvalue weighted by Crippen LogP contribution is 2.13. The first-order valence-electron chi connectivity index (χ1n) is 8.28. The Hall–Kier alpha value is -3.26. The van der Waals surface area contributed by atoms with E-state index >= 15 is 0 Å². The summed E-state index contributed by atoms with van der Waals surface area (Å²) >= 11 is 0. The summed E-state index contributed by atoms with van der Waals surface area (Å²) in [5, 5.41) is 20.5. The van der Waals surface area contributed by atoms with Crippen LogP contribution in [-0.2, 0) is 4.79 Å². The topological polar surface area (TPSA) is 120 Å². The number of aromatic carboxylic acids is 2. The molecule has 1 amide bonds. The van der Waals surface area contributed by atoms with Crippen molar-refractivity contribution in [3.63, 3.8) is 0 Å². The number of aromatic nitrogens is 1. The summed E-state index contributed by atoms with van der Waals surface area (Å²) in [6.07, 6.45) is 4.40. The van der Waals surface area contributed by atoms with Gasteiger partial charge in [-0.05, 0) is 36.8 Å². The second-order valence-corrected chi connectivity index (χ2v) is 5.50. The molecule has 1 aliphatic rings. The fourth-order valence-corrected chi connectivity index (χ4v) is 2.20. The third-order valence-electron chi connectivity index (χ3n) is 3.66. The summed E-state index contributed by atoms with van der Waals surface area (Å²) < 4.78 is 0. The number of benzene rings is 1. The molecule has 0 atom stereocenters. The van der Waals surface area contributed by atoms with Crippen molar-refractivity contribution in [3.8, 4) is 0 Å². The lowest BCUT2D eigenvalue weighted by Gasteiger charge is -2.22. The number of pyridine rings is 1. The van der Waals surface area contributed by atoms with Gasteiger partial charge >= 0.3 is 11.9 Å². The van der Waals surface area contributed by atoms with Gasteiger partial charge in [0.1, 0.15) is 0 Å². The van der Waals surface area contributed by atoms with Gasteiger partial charge in [0.2, 0.25) is 6.41 Å². The van der Waals surface area contributed by atoms with Crippen LogP contribution in [0.4, 0.5) is 0 Å². The van der Waals surface area contributed by atoms with Gasteiger partial charge < -0.3 is 20.4 Å². The van der Waals surface area contributed by atoms with Crippen molar-refractivity contribution in [2.75, 3.05) is 26.2 Å². The minimum atomic E-state index is -1.11. The Morgan fingerprint density at radius 3 is 1.81 bits per heavy atom. The molecule has 8 heteroatoms. The molecule has 3 N–H and O–H groups in total. The van der Waals surface area contributed by atoms with E-state index in [1.807, 2.05) is 18.2 Å². The minimum absolute atomic E-state index is 0.0277. The molecule has 1 saturated heterocycles. The summed E-state index contributed by atoms with van der Waals surface area (Å²) in [5.41, 5.74) is 0.335. The second kappa shape index (κ2) is 12.2. The van der Waals surface area contributed by atoms with Crippen molar-refractivity contribution in [1.29, 1.82) is 0 Å². The van der Waals surface area contributed by atoms with Gasteiger partial charge in [0.25, 0.3) is 0 Å². The first kappa shape index (κ1) is 21.8. The SMILES string of the molecule is Cc1c(C(=O)O)cccc1C(=O)O.O=CN1CCNCC1.c1ccncc1. The van der Waals surface area contributed by atoms with E-state index in [4.69, 9.17) is 10.2 Å². The molecule has 1 fully saturated rings. The maximum Gasteiger partial charge on any atom is 0.335 e. The third kappa shape index (κ3) is 8.10. The van der Waals surface area contributed by atoms with Crippen LogP contribution in [0.2, 0.25) is 0 Å².